The number of hydrogen-bond donors (Lipinski definition) is 1. The highest BCUT2D eigenvalue weighted by Crippen LogP contribution is 2.32. The third kappa shape index (κ3) is 3.61. The van der Waals surface area contributed by atoms with Crippen molar-refractivity contribution in [1.82, 2.24) is 0 Å². The zero-order chi connectivity index (χ0) is 17.0. The largest absolute Gasteiger partial charge is 0.465 e. The normalized spacial score (nSPS) is 16.2. The molecule has 0 radical (unpaired) electrons. The maximum atomic E-state index is 12.2. The number of esters is 3. The van der Waals surface area contributed by atoms with Crippen LogP contribution in [0.25, 0.3) is 0 Å². The van der Waals surface area contributed by atoms with Gasteiger partial charge in [0.15, 0.2) is 11.7 Å². The predicted molar refractivity (Wildman–Crippen MR) is 81.0 cm³/mol. The number of rotatable bonds is 5. The first kappa shape index (κ1) is 16.8. The van der Waals surface area contributed by atoms with E-state index in [9.17, 15) is 14.4 Å². The van der Waals surface area contributed by atoms with Crippen molar-refractivity contribution in [3.63, 3.8) is 0 Å². The smallest absolute Gasteiger partial charge is 0.335 e. The molecule has 1 atom stereocenters. The molecule has 0 fully saturated rings. The molecule has 2 rings (SSSR count). The van der Waals surface area contributed by atoms with Crippen molar-refractivity contribution in [2.45, 2.75) is 26.8 Å². The molecule has 23 heavy (non-hydrogen) atoms. The van der Waals surface area contributed by atoms with Gasteiger partial charge in [0.05, 0.1) is 18.9 Å². The molecule has 1 heterocycles. The molecule has 0 saturated carbocycles. The molecule has 7 nitrogen and oxygen atoms in total. The molecule has 124 valence electrons. The molecule has 0 saturated heterocycles. The second kappa shape index (κ2) is 7.13. The molecule has 1 aliphatic heterocycles. The van der Waals surface area contributed by atoms with Crippen LogP contribution in [0.3, 0.4) is 0 Å². The number of ether oxygens (including phenoxy) is 3. The number of carbonyl (C=O) groups excluding carboxylic acids is 3. The lowest BCUT2D eigenvalue weighted by atomic mass is 9.98. The summed E-state index contributed by atoms with van der Waals surface area (Å²) in [4.78, 5) is 36.4. The molecular formula is C16H19NO6. The van der Waals surface area contributed by atoms with Crippen LogP contribution >= 0.6 is 0 Å². The van der Waals surface area contributed by atoms with Crippen LogP contribution in [0.5, 0.6) is 5.75 Å². The van der Waals surface area contributed by atoms with E-state index in [1.807, 2.05) is 6.92 Å². The maximum Gasteiger partial charge on any atom is 0.335 e. The van der Waals surface area contributed by atoms with Gasteiger partial charge in [-0.15, -0.1) is 0 Å². The summed E-state index contributed by atoms with van der Waals surface area (Å²) >= 11 is 0. The van der Waals surface area contributed by atoms with E-state index in [2.05, 4.69) is 5.32 Å². The van der Waals surface area contributed by atoms with E-state index in [1.54, 1.807) is 32.0 Å². The van der Waals surface area contributed by atoms with Crippen LogP contribution in [0.1, 0.15) is 19.4 Å². The van der Waals surface area contributed by atoms with Crippen molar-refractivity contribution in [1.29, 1.82) is 0 Å². The van der Waals surface area contributed by atoms with Crippen LogP contribution < -0.4 is 10.1 Å². The molecule has 0 aliphatic carbocycles. The number of benzene rings is 1. The number of carbonyl (C=O) groups is 3. The van der Waals surface area contributed by atoms with Gasteiger partial charge in [-0.05, 0) is 38.5 Å². The van der Waals surface area contributed by atoms with Gasteiger partial charge in [0.25, 0.3) is 0 Å². The van der Waals surface area contributed by atoms with Crippen LogP contribution in [0.2, 0.25) is 0 Å². The minimum absolute atomic E-state index is 0.0895. The number of hydrogen-bond acceptors (Lipinski definition) is 7. The first-order chi connectivity index (χ1) is 11.0. The quantitative estimate of drug-likeness (QED) is 0.498. The third-order valence-corrected chi connectivity index (χ3v) is 3.32. The molecule has 0 spiro atoms. The highest BCUT2D eigenvalue weighted by atomic mass is 16.6. The Labute approximate surface area is 133 Å². The standard InChI is InChI=1S/C16H19NO6/c1-4-21-14(18)12(15(19)22-5-2)13-16(20)23-11-7-6-9(3)8-10(11)17-13/h6-8,12-13,17H,4-5H2,1-3H3. The van der Waals surface area contributed by atoms with Crippen molar-refractivity contribution < 1.29 is 28.6 Å². The van der Waals surface area contributed by atoms with E-state index in [4.69, 9.17) is 14.2 Å². The molecule has 0 bridgehead atoms. The van der Waals surface area contributed by atoms with Gasteiger partial charge in [0.2, 0.25) is 0 Å². The second-order valence-electron chi connectivity index (χ2n) is 5.02. The molecule has 1 aromatic rings. The average Bonchev–Trinajstić information content (AvgIpc) is 2.49. The fraction of sp³-hybridized carbons (Fsp3) is 0.438. The summed E-state index contributed by atoms with van der Waals surface area (Å²) in [5.41, 5.74) is 1.48. The van der Waals surface area contributed by atoms with Crippen molar-refractivity contribution >= 4 is 23.6 Å². The van der Waals surface area contributed by atoms with E-state index in [0.29, 0.717) is 11.4 Å². The van der Waals surface area contributed by atoms with Crippen LogP contribution in [-0.2, 0) is 23.9 Å². The van der Waals surface area contributed by atoms with Gasteiger partial charge < -0.3 is 19.5 Å². The third-order valence-electron chi connectivity index (χ3n) is 3.32. The minimum atomic E-state index is -1.42. The van der Waals surface area contributed by atoms with E-state index in [-0.39, 0.29) is 13.2 Å². The van der Waals surface area contributed by atoms with Gasteiger partial charge >= 0.3 is 17.9 Å². The summed E-state index contributed by atoms with van der Waals surface area (Å²) in [6.45, 7) is 5.29. The highest BCUT2D eigenvalue weighted by Gasteiger charge is 2.45. The number of aryl methyl sites for hydroxylation is 1. The summed E-state index contributed by atoms with van der Waals surface area (Å²) in [5, 5.41) is 2.89. The Bertz CT molecular complexity index is 609. The number of nitrogens with one attached hydrogen (secondary N) is 1. The monoisotopic (exact) mass is 321 g/mol. The summed E-state index contributed by atoms with van der Waals surface area (Å²) in [6.07, 6.45) is 0. The molecule has 1 aliphatic rings. The van der Waals surface area contributed by atoms with Crippen LogP contribution in [0.4, 0.5) is 5.69 Å². The zero-order valence-electron chi connectivity index (χ0n) is 13.3. The molecule has 7 heteroatoms. The van der Waals surface area contributed by atoms with E-state index >= 15 is 0 Å². The van der Waals surface area contributed by atoms with E-state index in [1.165, 1.54) is 0 Å². The summed E-state index contributed by atoms with van der Waals surface area (Å²) in [5.74, 6) is -3.44. The molecular weight excluding hydrogens is 302 g/mol. The zero-order valence-corrected chi connectivity index (χ0v) is 13.3. The maximum absolute atomic E-state index is 12.2. The fourth-order valence-corrected chi connectivity index (χ4v) is 2.30. The Morgan fingerprint density at radius 1 is 1.22 bits per heavy atom. The summed E-state index contributed by atoms with van der Waals surface area (Å²) in [6, 6.07) is 4.02. The Morgan fingerprint density at radius 3 is 2.39 bits per heavy atom. The van der Waals surface area contributed by atoms with Gasteiger partial charge in [-0.1, -0.05) is 6.07 Å². The van der Waals surface area contributed by atoms with Crippen LogP contribution in [-0.4, -0.2) is 37.2 Å². The van der Waals surface area contributed by atoms with Crippen molar-refractivity contribution in [3.05, 3.63) is 23.8 Å². The topological polar surface area (TPSA) is 90.9 Å². The highest BCUT2D eigenvalue weighted by molar-refractivity contribution is 6.03. The van der Waals surface area contributed by atoms with Crippen molar-refractivity contribution in [2.24, 2.45) is 5.92 Å². The Hall–Kier alpha value is -2.57. The second-order valence-corrected chi connectivity index (χ2v) is 5.02. The minimum Gasteiger partial charge on any atom is -0.465 e. The van der Waals surface area contributed by atoms with Gasteiger partial charge in [0.1, 0.15) is 6.04 Å². The Morgan fingerprint density at radius 2 is 1.83 bits per heavy atom. The first-order valence-electron chi connectivity index (χ1n) is 7.40. The predicted octanol–water partition coefficient (Wildman–Crippen LogP) is 1.44. The molecule has 1 N–H and O–H groups in total. The van der Waals surface area contributed by atoms with E-state index in [0.717, 1.165) is 5.56 Å². The fourth-order valence-electron chi connectivity index (χ4n) is 2.30. The van der Waals surface area contributed by atoms with Gasteiger partial charge in [-0.2, -0.15) is 0 Å². The lowest BCUT2D eigenvalue weighted by Crippen LogP contribution is -2.50. The van der Waals surface area contributed by atoms with Crippen LogP contribution in [0, 0.1) is 12.8 Å². The lowest BCUT2D eigenvalue weighted by Gasteiger charge is -2.29. The first-order valence-corrected chi connectivity index (χ1v) is 7.40. The van der Waals surface area contributed by atoms with Gasteiger partial charge in [0, 0.05) is 0 Å². The van der Waals surface area contributed by atoms with Crippen LogP contribution in [0.15, 0.2) is 18.2 Å². The molecule has 0 aromatic heterocycles. The molecule has 1 aromatic carbocycles. The number of anilines is 1. The number of fused-ring (bicyclic) bond motifs is 1. The SMILES string of the molecule is CCOC(=O)C(C(=O)OCC)C1Nc2cc(C)ccc2OC1=O. The van der Waals surface area contributed by atoms with Gasteiger partial charge in [-0.3, -0.25) is 9.59 Å². The average molecular weight is 321 g/mol. The summed E-state index contributed by atoms with van der Waals surface area (Å²) < 4.78 is 15.0. The van der Waals surface area contributed by atoms with Crippen molar-refractivity contribution in [3.8, 4) is 5.75 Å². The summed E-state index contributed by atoms with van der Waals surface area (Å²) in [7, 11) is 0. The van der Waals surface area contributed by atoms with Gasteiger partial charge in [-0.25, -0.2) is 4.79 Å². The van der Waals surface area contributed by atoms with Crippen molar-refractivity contribution in [2.75, 3.05) is 18.5 Å². The molecule has 1 unspecified atom stereocenters. The Kier molecular flexibility index (Phi) is 5.20. The van der Waals surface area contributed by atoms with E-state index < -0.39 is 29.9 Å². The lowest BCUT2D eigenvalue weighted by molar-refractivity contribution is -0.165. The molecule has 0 amide bonds. The Balaban J connectivity index is 2.32.